The molecule has 28 heavy (non-hydrogen) atoms. The van der Waals surface area contributed by atoms with Gasteiger partial charge in [0, 0.05) is 37.3 Å². The van der Waals surface area contributed by atoms with Gasteiger partial charge in [0.1, 0.15) is 11.6 Å². The Bertz CT molecular complexity index is 917. The summed E-state index contributed by atoms with van der Waals surface area (Å²) in [5.74, 6) is -1.60. The molecule has 0 saturated heterocycles. The molecule has 0 radical (unpaired) electrons. The average molecular weight is 405 g/mol. The molecule has 0 bridgehead atoms. The van der Waals surface area contributed by atoms with Gasteiger partial charge in [0.2, 0.25) is 11.8 Å². The van der Waals surface area contributed by atoms with E-state index in [1.807, 2.05) is 0 Å². The highest BCUT2D eigenvalue weighted by Crippen LogP contribution is 2.38. The Morgan fingerprint density at radius 2 is 2.04 bits per heavy atom. The van der Waals surface area contributed by atoms with E-state index in [-0.39, 0.29) is 40.1 Å². The second-order valence-corrected chi connectivity index (χ2v) is 6.92. The lowest BCUT2D eigenvalue weighted by Crippen LogP contribution is -2.24. The number of carbonyl (C=O) groups excluding carboxylic acids is 3. The zero-order chi connectivity index (χ0) is 20.3. The normalized spacial score (nSPS) is 17.5. The van der Waals surface area contributed by atoms with E-state index in [0.29, 0.717) is 18.7 Å². The number of amides is 3. The van der Waals surface area contributed by atoms with Crippen molar-refractivity contribution in [1.29, 1.82) is 0 Å². The minimum atomic E-state index is -0.730. The molecular formula is C19H18ClFN4O3. The van der Waals surface area contributed by atoms with Crippen molar-refractivity contribution in [2.24, 2.45) is 11.8 Å². The molecule has 3 amide bonds. The van der Waals surface area contributed by atoms with E-state index in [0.717, 1.165) is 6.07 Å². The van der Waals surface area contributed by atoms with Crippen LogP contribution in [0.4, 0.5) is 15.9 Å². The molecule has 3 rings (SSSR count). The number of pyridine rings is 1. The van der Waals surface area contributed by atoms with Crippen LogP contribution in [0.3, 0.4) is 0 Å². The van der Waals surface area contributed by atoms with Gasteiger partial charge in [-0.25, -0.2) is 9.37 Å². The van der Waals surface area contributed by atoms with Crippen LogP contribution in [0.1, 0.15) is 23.7 Å². The van der Waals surface area contributed by atoms with Gasteiger partial charge in [-0.15, -0.1) is 0 Å². The fourth-order valence-corrected chi connectivity index (χ4v) is 3.02. The molecule has 2 aromatic rings. The number of hydrogen-bond acceptors (Lipinski definition) is 4. The topological polar surface area (TPSA) is 100 Å². The van der Waals surface area contributed by atoms with E-state index in [4.69, 9.17) is 11.6 Å². The van der Waals surface area contributed by atoms with Gasteiger partial charge in [-0.05, 0) is 30.5 Å². The molecule has 1 aliphatic rings. The lowest BCUT2D eigenvalue weighted by atomic mass is 10.2. The van der Waals surface area contributed by atoms with Crippen molar-refractivity contribution in [2.45, 2.75) is 13.3 Å². The number of rotatable bonds is 6. The third-order valence-corrected chi connectivity index (χ3v) is 4.65. The van der Waals surface area contributed by atoms with E-state index in [9.17, 15) is 18.8 Å². The standard InChI is InChI=1S/C19H18ClFN4O3/c1-10(26)23-9-11-7-13(11)18(27)25-16-8-12(5-6-22-16)24-19(28)17-14(20)3-2-4-15(17)21/h2-6,8,11,13H,7,9H2,1H3,(H,23,26)(H2,22,24,25,27,28). The molecule has 146 valence electrons. The van der Waals surface area contributed by atoms with E-state index in [1.165, 1.54) is 37.4 Å². The summed E-state index contributed by atoms with van der Waals surface area (Å²) in [4.78, 5) is 39.5. The number of nitrogens with one attached hydrogen (secondary N) is 3. The molecule has 1 aromatic heterocycles. The quantitative estimate of drug-likeness (QED) is 0.689. The third kappa shape index (κ3) is 4.83. The molecule has 1 aliphatic carbocycles. The summed E-state index contributed by atoms with van der Waals surface area (Å²) < 4.78 is 13.9. The second kappa shape index (κ2) is 8.35. The predicted octanol–water partition coefficient (Wildman–Crippen LogP) is 2.84. The first kappa shape index (κ1) is 19.8. The van der Waals surface area contributed by atoms with Crippen LogP contribution < -0.4 is 16.0 Å². The number of carbonyl (C=O) groups is 3. The van der Waals surface area contributed by atoms with Gasteiger partial charge in [-0.1, -0.05) is 17.7 Å². The van der Waals surface area contributed by atoms with E-state index in [2.05, 4.69) is 20.9 Å². The van der Waals surface area contributed by atoms with Crippen LogP contribution in [0.5, 0.6) is 0 Å². The van der Waals surface area contributed by atoms with Crippen LogP contribution in [0.25, 0.3) is 0 Å². The lowest BCUT2D eigenvalue weighted by Gasteiger charge is -2.09. The second-order valence-electron chi connectivity index (χ2n) is 6.51. The van der Waals surface area contributed by atoms with Gasteiger partial charge in [-0.3, -0.25) is 14.4 Å². The van der Waals surface area contributed by atoms with Crippen LogP contribution in [0, 0.1) is 17.7 Å². The fourth-order valence-electron chi connectivity index (χ4n) is 2.77. The van der Waals surface area contributed by atoms with Gasteiger partial charge in [-0.2, -0.15) is 0 Å². The molecule has 1 heterocycles. The Kier molecular flexibility index (Phi) is 5.89. The van der Waals surface area contributed by atoms with Gasteiger partial charge >= 0.3 is 0 Å². The summed E-state index contributed by atoms with van der Waals surface area (Å²) in [5, 5.41) is 7.91. The number of hydrogen-bond donors (Lipinski definition) is 3. The minimum Gasteiger partial charge on any atom is -0.356 e. The maximum absolute atomic E-state index is 13.9. The molecule has 7 nitrogen and oxygen atoms in total. The molecule has 1 fully saturated rings. The van der Waals surface area contributed by atoms with Crippen LogP contribution in [-0.4, -0.2) is 29.3 Å². The summed E-state index contributed by atoms with van der Waals surface area (Å²) in [7, 11) is 0. The predicted molar refractivity (Wildman–Crippen MR) is 103 cm³/mol. The van der Waals surface area contributed by atoms with Crippen molar-refractivity contribution < 1.29 is 18.8 Å². The van der Waals surface area contributed by atoms with E-state index < -0.39 is 11.7 Å². The van der Waals surface area contributed by atoms with Crippen molar-refractivity contribution in [3.8, 4) is 0 Å². The summed E-state index contributed by atoms with van der Waals surface area (Å²) in [6, 6.07) is 6.96. The zero-order valence-corrected chi connectivity index (χ0v) is 15.7. The maximum Gasteiger partial charge on any atom is 0.260 e. The van der Waals surface area contributed by atoms with Crippen LogP contribution >= 0.6 is 11.6 Å². The molecule has 0 spiro atoms. The van der Waals surface area contributed by atoms with Gasteiger partial charge in [0.25, 0.3) is 5.91 Å². The number of anilines is 2. The van der Waals surface area contributed by atoms with Crippen molar-refractivity contribution in [3.05, 3.63) is 52.9 Å². The third-order valence-electron chi connectivity index (χ3n) is 4.33. The first-order valence-electron chi connectivity index (χ1n) is 8.62. The Labute approximate surface area is 165 Å². The number of benzene rings is 1. The van der Waals surface area contributed by atoms with Crippen LogP contribution in [0.15, 0.2) is 36.5 Å². The average Bonchev–Trinajstić information content (AvgIpc) is 3.40. The Hall–Kier alpha value is -3.00. The van der Waals surface area contributed by atoms with Crippen molar-refractivity contribution in [1.82, 2.24) is 10.3 Å². The molecule has 9 heteroatoms. The molecule has 1 saturated carbocycles. The number of nitrogens with zero attached hydrogens (tertiary/aromatic N) is 1. The Morgan fingerprint density at radius 1 is 1.25 bits per heavy atom. The van der Waals surface area contributed by atoms with E-state index in [1.54, 1.807) is 0 Å². The van der Waals surface area contributed by atoms with Gasteiger partial charge in [0.15, 0.2) is 0 Å². The zero-order valence-electron chi connectivity index (χ0n) is 15.0. The minimum absolute atomic E-state index is 0.000900. The highest BCUT2D eigenvalue weighted by molar-refractivity contribution is 6.34. The summed E-state index contributed by atoms with van der Waals surface area (Å²) in [6.45, 7) is 1.88. The highest BCUT2D eigenvalue weighted by atomic mass is 35.5. The lowest BCUT2D eigenvalue weighted by molar-refractivity contribution is -0.120. The highest BCUT2D eigenvalue weighted by Gasteiger charge is 2.42. The smallest absolute Gasteiger partial charge is 0.260 e. The number of halogens is 2. The van der Waals surface area contributed by atoms with Gasteiger partial charge < -0.3 is 16.0 Å². The van der Waals surface area contributed by atoms with Gasteiger partial charge in [0.05, 0.1) is 10.6 Å². The Morgan fingerprint density at radius 3 is 2.75 bits per heavy atom. The molecule has 1 aromatic carbocycles. The van der Waals surface area contributed by atoms with Crippen LogP contribution in [0.2, 0.25) is 5.02 Å². The summed E-state index contributed by atoms with van der Waals surface area (Å²) in [5.41, 5.74) is 0.0746. The first-order chi connectivity index (χ1) is 13.3. The van der Waals surface area contributed by atoms with Crippen molar-refractivity contribution in [3.63, 3.8) is 0 Å². The largest absolute Gasteiger partial charge is 0.356 e. The summed E-state index contributed by atoms with van der Waals surface area (Å²) in [6.07, 6.45) is 2.10. The molecule has 3 N–H and O–H groups in total. The monoisotopic (exact) mass is 404 g/mol. The Balaban J connectivity index is 1.61. The SMILES string of the molecule is CC(=O)NCC1CC1C(=O)Nc1cc(NC(=O)c2c(F)cccc2Cl)ccn1. The number of aromatic nitrogens is 1. The summed E-state index contributed by atoms with van der Waals surface area (Å²) >= 11 is 5.89. The molecule has 2 atom stereocenters. The maximum atomic E-state index is 13.9. The molecule has 2 unspecified atom stereocenters. The van der Waals surface area contributed by atoms with E-state index >= 15 is 0 Å². The molecule has 0 aliphatic heterocycles. The molecular weight excluding hydrogens is 387 g/mol. The van der Waals surface area contributed by atoms with Crippen molar-refractivity contribution >= 4 is 40.8 Å². The first-order valence-corrected chi connectivity index (χ1v) is 8.99. The van der Waals surface area contributed by atoms with Crippen LogP contribution in [-0.2, 0) is 9.59 Å². The fraction of sp³-hybridized carbons (Fsp3) is 0.263. The van der Waals surface area contributed by atoms with Crippen molar-refractivity contribution in [2.75, 3.05) is 17.2 Å².